The summed E-state index contributed by atoms with van der Waals surface area (Å²) in [5.74, 6) is 1.74. The summed E-state index contributed by atoms with van der Waals surface area (Å²) in [6.45, 7) is 9.56. The van der Waals surface area contributed by atoms with Gasteiger partial charge in [0.25, 0.3) is 0 Å². The van der Waals surface area contributed by atoms with Crippen LogP contribution in [0.25, 0.3) is 0 Å². The summed E-state index contributed by atoms with van der Waals surface area (Å²) in [5, 5.41) is 0. The van der Waals surface area contributed by atoms with Crippen molar-refractivity contribution in [1.29, 1.82) is 0 Å². The minimum absolute atomic E-state index is 0.145. The van der Waals surface area contributed by atoms with Gasteiger partial charge in [-0.2, -0.15) is 0 Å². The summed E-state index contributed by atoms with van der Waals surface area (Å²) in [6, 6.07) is 5.89. The van der Waals surface area contributed by atoms with Gasteiger partial charge in [0.1, 0.15) is 5.82 Å². The maximum absolute atomic E-state index is 12.3. The molecule has 1 amide bonds. The molecular weight excluding hydrogens is 262 g/mol. The summed E-state index contributed by atoms with van der Waals surface area (Å²) < 4.78 is 0. The number of pyridine rings is 1. The average molecular weight is 289 g/mol. The van der Waals surface area contributed by atoms with Gasteiger partial charge in [0.2, 0.25) is 5.91 Å². The van der Waals surface area contributed by atoms with E-state index >= 15 is 0 Å². The number of piperidine rings is 1. The highest BCUT2D eigenvalue weighted by atomic mass is 16.2. The van der Waals surface area contributed by atoms with Gasteiger partial charge in [-0.1, -0.05) is 19.9 Å². The second-order valence-electron chi connectivity index (χ2n) is 6.14. The highest BCUT2D eigenvalue weighted by Crippen LogP contribution is 2.19. The number of anilines is 1. The van der Waals surface area contributed by atoms with E-state index in [9.17, 15) is 4.79 Å². The van der Waals surface area contributed by atoms with Gasteiger partial charge >= 0.3 is 0 Å². The fourth-order valence-electron chi connectivity index (χ4n) is 2.97. The summed E-state index contributed by atoms with van der Waals surface area (Å²) in [7, 11) is 0. The summed E-state index contributed by atoms with van der Waals surface area (Å²) >= 11 is 0. The van der Waals surface area contributed by atoms with Gasteiger partial charge in [-0.05, 0) is 50.9 Å². The van der Waals surface area contributed by atoms with Crippen LogP contribution in [0.2, 0.25) is 0 Å². The van der Waals surface area contributed by atoms with Crippen molar-refractivity contribution in [2.24, 2.45) is 5.92 Å². The highest BCUT2D eigenvalue weighted by molar-refractivity contribution is 5.92. The number of hydrogen-bond acceptors (Lipinski definition) is 3. The minimum atomic E-state index is 0.145. The largest absolute Gasteiger partial charge is 0.301 e. The van der Waals surface area contributed by atoms with Crippen LogP contribution >= 0.6 is 0 Å². The third-order valence-electron chi connectivity index (χ3n) is 4.31. The summed E-state index contributed by atoms with van der Waals surface area (Å²) in [6.07, 6.45) is 4.79. The minimum Gasteiger partial charge on any atom is -0.301 e. The Morgan fingerprint density at radius 1 is 1.43 bits per heavy atom. The molecule has 0 aliphatic carbocycles. The number of amides is 1. The summed E-state index contributed by atoms with van der Waals surface area (Å²) in [5.41, 5.74) is 0. The standard InChI is InChI=1S/C17H27N3O/c1-4-17(21)20(16-7-5-6-10-18-16)15(3)13-19-11-8-14(2)9-12-19/h5-7,10,14-15H,4,8-9,11-13H2,1-3H3. The second-order valence-corrected chi connectivity index (χ2v) is 6.14. The first-order chi connectivity index (χ1) is 10.1. The van der Waals surface area contributed by atoms with Crippen LogP contribution in [0.5, 0.6) is 0 Å². The van der Waals surface area contributed by atoms with Crippen molar-refractivity contribution in [1.82, 2.24) is 9.88 Å². The number of aromatic nitrogens is 1. The van der Waals surface area contributed by atoms with Crippen LogP contribution in [-0.4, -0.2) is 41.5 Å². The molecule has 1 aliphatic heterocycles. The van der Waals surface area contributed by atoms with Crippen LogP contribution in [0.3, 0.4) is 0 Å². The van der Waals surface area contributed by atoms with E-state index in [1.165, 1.54) is 12.8 Å². The third kappa shape index (κ3) is 4.27. The van der Waals surface area contributed by atoms with Crippen LogP contribution in [0.15, 0.2) is 24.4 Å². The molecule has 4 heteroatoms. The molecule has 116 valence electrons. The predicted octanol–water partition coefficient (Wildman–Crippen LogP) is 2.95. The lowest BCUT2D eigenvalue weighted by molar-refractivity contribution is -0.118. The molecule has 0 bridgehead atoms. The smallest absolute Gasteiger partial charge is 0.228 e. The van der Waals surface area contributed by atoms with Crippen molar-refractivity contribution in [3.8, 4) is 0 Å². The molecule has 0 radical (unpaired) electrons. The van der Waals surface area contributed by atoms with Crippen LogP contribution in [0, 0.1) is 5.92 Å². The molecule has 2 rings (SSSR count). The molecule has 1 saturated heterocycles. The Hall–Kier alpha value is -1.42. The monoisotopic (exact) mass is 289 g/mol. The molecule has 21 heavy (non-hydrogen) atoms. The van der Waals surface area contributed by atoms with E-state index in [4.69, 9.17) is 0 Å². The van der Waals surface area contributed by atoms with Crippen molar-refractivity contribution in [2.75, 3.05) is 24.5 Å². The van der Waals surface area contributed by atoms with E-state index in [0.717, 1.165) is 31.4 Å². The van der Waals surface area contributed by atoms with E-state index in [1.54, 1.807) is 6.20 Å². The Bertz CT molecular complexity index is 441. The molecule has 1 aromatic rings. The van der Waals surface area contributed by atoms with Crippen LogP contribution in [-0.2, 0) is 4.79 Å². The quantitative estimate of drug-likeness (QED) is 0.836. The SMILES string of the molecule is CCC(=O)N(c1ccccn1)C(C)CN1CCC(C)CC1. The molecule has 2 heterocycles. The number of carbonyl (C=O) groups excluding carboxylic acids is 1. The van der Waals surface area contributed by atoms with E-state index in [2.05, 4.69) is 23.7 Å². The number of likely N-dealkylation sites (tertiary alicyclic amines) is 1. The van der Waals surface area contributed by atoms with Crippen LogP contribution < -0.4 is 4.90 Å². The normalized spacial score (nSPS) is 18.4. The highest BCUT2D eigenvalue weighted by Gasteiger charge is 2.25. The second kappa shape index (κ2) is 7.55. The summed E-state index contributed by atoms with van der Waals surface area (Å²) in [4.78, 5) is 21.0. The third-order valence-corrected chi connectivity index (χ3v) is 4.31. The number of rotatable bonds is 5. The first-order valence-corrected chi connectivity index (χ1v) is 8.07. The van der Waals surface area contributed by atoms with Gasteiger partial charge < -0.3 is 4.90 Å². The van der Waals surface area contributed by atoms with Crippen molar-refractivity contribution in [3.05, 3.63) is 24.4 Å². The van der Waals surface area contributed by atoms with E-state index in [-0.39, 0.29) is 11.9 Å². The Kier molecular flexibility index (Phi) is 5.74. The van der Waals surface area contributed by atoms with E-state index in [0.29, 0.717) is 6.42 Å². The lowest BCUT2D eigenvalue weighted by Gasteiger charge is -2.36. The van der Waals surface area contributed by atoms with Crippen LogP contribution in [0.1, 0.15) is 40.0 Å². The van der Waals surface area contributed by atoms with Gasteiger partial charge in [-0.3, -0.25) is 9.69 Å². The van der Waals surface area contributed by atoms with Gasteiger partial charge in [0.15, 0.2) is 0 Å². The fraction of sp³-hybridized carbons (Fsp3) is 0.647. The lowest BCUT2D eigenvalue weighted by atomic mass is 9.99. The molecule has 4 nitrogen and oxygen atoms in total. The van der Waals surface area contributed by atoms with Gasteiger partial charge in [-0.15, -0.1) is 0 Å². The molecule has 0 spiro atoms. The van der Waals surface area contributed by atoms with Crippen molar-refractivity contribution in [3.63, 3.8) is 0 Å². The number of nitrogens with zero attached hydrogens (tertiary/aromatic N) is 3. The first kappa shape index (κ1) is 16.0. The molecule has 1 atom stereocenters. The van der Waals surface area contributed by atoms with E-state index < -0.39 is 0 Å². The Morgan fingerprint density at radius 2 is 2.14 bits per heavy atom. The maximum Gasteiger partial charge on any atom is 0.228 e. The zero-order chi connectivity index (χ0) is 15.2. The molecular formula is C17H27N3O. The number of carbonyl (C=O) groups is 1. The zero-order valence-corrected chi connectivity index (χ0v) is 13.5. The Labute approximate surface area is 128 Å². The molecule has 1 aromatic heterocycles. The molecule has 0 aromatic carbocycles. The van der Waals surface area contributed by atoms with Gasteiger partial charge in [-0.25, -0.2) is 4.98 Å². The van der Waals surface area contributed by atoms with Crippen molar-refractivity contribution >= 4 is 11.7 Å². The van der Waals surface area contributed by atoms with Crippen LogP contribution in [0.4, 0.5) is 5.82 Å². The first-order valence-electron chi connectivity index (χ1n) is 8.07. The Balaban J connectivity index is 2.04. The molecule has 1 unspecified atom stereocenters. The molecule has 0 saturated carbocycles. The van der Waals surface area contributed by atoms with E-state index in [1.807, 2.05) is 30.0 Å². The Morgan fingerprint density at radius 3 is 2.71 bits per heavy atom. The lowest BCUT2D eigenvalue weighted by Crippen LogP contribution is -2.47. The molecule has 1 aliphatic rings. The van der Waals surface area contributed by atoms with Gasteiger partial charge in [0.05, 0.1) is 0 Å². The van der Waals surface area contributed by atoms with Gasteiger partial charge in [0, 0.05) is 25.2 Å². The molecule has 0 N–H and O–H groups in total. The van der Waals surface area contributed by atoms with Crippen molar-refractivity contribution < 1.29 is 4.79 Å². The maximum atomic E-state index is 12.3. The average Bonchev–Trinajstić information content (AvgIpc) is 2.50. The fourth-order valence-corrected chi connectivity index (χ4v) is 2.97. The predicted molar refractivity (Wildman–Crippen MR) is 86.3 cm³/mol. The number of hydrogen-bond donors (Lipinski definition) is 0. The zero-order valence-electron chi connectivity index (χ0n) is 13.5. The molecule has 1 fully saturated rings. The topological polar surface area (TPSA) is 36.4 Å². The van der Waals surface area contributed by atoms with Crippen molar-refractivity contribution in [2.45, 2.75) is 46.1 Å².